The summed E-state index contributed by atoms with van der Waals surface area (Å²) in [5, 5.41) is 3.37. The third-order valence-electron chi connectivity index (χ3n) is 2.64. The second-order valence-electron chi connectivity index (χ2n) is 5.92. The highest BCUT2D eigenvalue weighted by Crippen LogP contribution is 2.33. The maximum atomic E-state index is 4.71. The van der Waals surface area contributed by atoms with Gasteiger partial charge in [0.05, 0.1) is 10.2 Å². The molecule has 1 N–H and O–H groups in total. The molecular weight excluding hydrogens is 290 g/mol. The fraction of sp³-hybridized carbons (Fsp3) is 0.714. The average Bonchev–Trinajstić information content (AvgIpc) is 2.25. The number of rotatable bonds is 4. The van der Waals surface area contributed by atoms with Crippen LogP contribution in [0, 0.1) is 0 Å². The average molecular weight is 314 g/mol. The van der Waals surface area contributed by atoms with E-state index in [1.165, 1.54) is 0 Å². The number of hydrogen-bond acceptors (Lipinski definition) is 3. The number of anilines is 1. The maximum Gasteiger partial charge on any atom is 0.144 e. The van der Waals surface area contributed by atoms with Gasteiger partial charge in [-0.1, -0.05) is 41.5 Å². The van der Waals surface area contributed by atoms with Crippen molar-refractivity contribution in [1.82, 2.24) is 9.97 Å². The lowest BCUT2D eigenvalue weighted by atomic mass is 9.91. The van der Waals surface area contributed by atoms with Crippen LogP contribution < -0.4 is 5.32 Å². The van der Waals surface area contributed by atoms with Crippen LogP contribution in [0.15, 0.2) is 4.47 Å². The van der Waals surface area contributed by atoms with Gasteiger partial charge in [-0.05, 0) is 22.4 Å². The Morgan fingerprint density at radius 1 is 1.22 bits per heavy atom. The predicted octanol–water partition coefficient (Wildman–Crippen LogP) is 4.48. The highest BCUT2D eigenvalue weighted by Gasteiger charge is 2.23. The van der Waals surface area contributed by atoms with E-state index in [4.69, 9.17) is 4.98 Å². The SMILES string of the molecule is CCCNc1nc(C(C)C)nc(C(C)(C)C)c1Br. The molecule has 0 amide bonds. The zero-order valence-electron chi connectivity index (χ0n) is 12.3. The van der Waals surface area contributed by atoms with Crippen LogP contribution in [-0.2, 0) is 5.41 Å². The molecule has 0 fully saturated rings. The Morgan fingerprint density at radius 2 is 1.83 bits per heavy atom. The summed E-state index contributed by atoms with van der Waals surface area (Å²) in [7, 11) is 0. The summed E-state index contributed by atoms with van der Waals surface area (Å²) in [5.41, 5.74) is 1.08. The minimum atomic E-state index is 0.00799. The molecule has 3 nitrogen and oxygen atoms in total. The van der Waals surface area contributed by atoms with Gasteiger partial charge in [-0.15, -0.1) is 0 Å². The van der Waals surface area contributed by atoms with E-state index < -0.39 is 0 Å². The first kappa shape index (κ1) is 15.4. The van der Waals surface area contributed by atoms with E-state index in [1.807, 2.05) is 0 Å². The smallest absolute Gasteiger partial charge is 0.144 e. The zero-order chi connectivity index (χ0) is 13.9. The first-order valence-electron chi connectivity index (χ1n) is 6.59. The molecule has 1 rings (SSSR count). The summed E-state index contributed by atoms with van der Waals surface area (Å²) >= 11 is 3.64. The van der Waals surface area contributed by atoms with Gasteiger partial charge in [0.25, 0.3) is 0 Å². The minimum absolute atomic E-state index is 0.00799. The lowest BCUT2D eigenvalue weighted by Crippen LogP contribution is -2.19. The number of nitrogens with zero attached hydrogens (tertiary/aromatic N) is 2. The summed E-state index contributed by atoms with van der Waals surface area (Å²) < 4.78 is 0.993. The second kappa shape index (κ2) is 6.00. The van der Waals surface area contributed by atoms with Gasteiger partial charge in [-0.25, -0.2) is 9.97 Å². The molecule has 0 aliphatic rings. The Kier molecular flexibility index (Phi) is 5.14. The van der Waals surface area contributed by atoms with Crippen molar-refractivity contribution in [3.05, 3.63) is 16.0 Å². The highest BCUT2D eigenvalue weighted by molar-refractivity contribution is 9.10. The quantitative estimate of drug-likeness (QED) is 0.890. The van der Waals surface area contributed by atoms with E-state index in [0.717, 1.165) is 34.8 Å². The Balaban J connectivity index is 3.29. The Bertz CT molecular complexity index is 408. The molecule has 0 spiro atoms. The molecule has 0 radical (unpaired) electrons. The van der Waals surface area contributed by atoms with Crippen molar-refractivity contribution in [1.29, 1.82) is 0 Å². The van der Waals surface area contributed by atoms with E-state index in [2.05, 4.69) is 67.8 Å². The van der Waals surface area contributed by atoms with Crippen LogP contribution in [-0.4, -0.2) is 16.5 Å². The molecule has 0 aromatic carbocycles. The maximum absolute atomic E-state index is 4.71. The standard InChI is InChI=1S/C14H24BrN3/c1-7-8-16-13-10(15)11(14(4,5)6)17-12(18-13)9(2)3/h9H,7-8H2,1-6H3,(H,16,17,18). The molecule has 102 valence electrons. The summed E-state index contributed by atoms with van der Waals surface area (Å²) in [6.07, 6.45) is 1.08. The fourth-order valence-electron chi connectivity index (χ4n) is 1.58. The van der Waals surface area contributed by atoms with Crippen molar-refractivity contribution in [2.24, 2.45) is 0 Å². The van der Waals surface area contributed by atoms with Gasteiger partial charge < -0.3 is 5.32 Å². The first-order valence-corrected chi connectivity index (χ1v) is 7.38. The first-order chi connectivity index (χ1) is 8.27. The van der Waals surface area contributed by atoms with Crippen molar-refractivity contribution < 1.29 is 0 Å². The third kappa shape index (κ3) is 3.67. The zero-order valence-corrected chi connectivity index (χ0v) is 13.8. The lowest BCUT2D eigenvalue weighted by Gasteiger charge is -2.22. The van der Waals surface area contributed by atoms with E-state index in [-0.39, 0.29) is 5.41 Å². The van der Waals surface area contributed by atoms with Crippen LogP contribution in [0.25, 0.3) is 0 Å². The van der Waals surface area contributed by atoms with Crippen LogP contribution in [0.4, 0.5) is 5.82 Å². The molecule has 1 aromatic rings. The molecule has 0 aliphatic carbocycles. The number of halogens is 1. The predicted molar refractivity (Wildman–Crippen MR) is 81.3 cm³/mol. The van der Waals surface area contributed by atoms with Crippen LogP contribution in [0.5, 0.6) is 0 Å². The molecule has 1 aromatic heterocycles. The van der Waals surface area contributed by atoms with Crippen molar-refractivity contribution in [3.8, 4) is 0 Å². The Morgan fingerprint density at radius 3 is 2.28 bits per heavy atom. The van der Waals surface area contributed by atoms with Crippen molar-refractivity contribution in [2.75, 3.05) is 11.9 Å². The topological polar surface area (TPSA) is 37.8 Å². The largest absolute Gasteiger partial charge is 0.369 e. The number of nitrogens with one attached hydrogen (secondary N) is 1. The van der Waals surface area contributed by atoms with Crippen LogP contribution in [0.2, 0.25) is 0 Å². The molecule has 0 saturated heterocycles. The van der Waals surface area contributed by atoms with Crippen molar-refractivity contribution in [3.63, 3.8) is 0 Å². The van der Waals surface area contributed by atoms with Gasteiger partial charge in [-0.3, -0.25) is 0 Å². The third-order valence-corrected chi connectivity index (χ3v) is 3.39. The number of aromatic nitrogens is 2. The molecule has 1 heterocycles. The molecule has 0 atom stereocenters. The monoisotopic (exact) mass is 313 g/mol. The molecular formula is C14H24BrN3. The van der Waals surface area contributed by atoms with Gasteiger partial charge in [0.2, 0.25) is 0 Å². The second-order valence-corrected chi connectivity index (χ2v) is 6.72. The summed E-state index contributed by atoms with van der Waals surface area (Å²) in [6, 6.07) is 0. The van der Waals surface area contributed by atoms with Gasteiger partial charge in [0.1, 0.15) is 11.6 Å². The van der Waals surface area contributed by atoms with E-state index >= 15 is 0 Å². The Labute approximate surface area is 119 Å². The molecule has 0 aliphatic heterocycles. The lowest BCUT2D eigenvalue weighted by molar-refractivity contribution is 0.555. The summed E-state index contributed by atoms with van der Waals surface area (Å²) in [6.45, 7) is 13.8. The van der Waals surface area contributed by atoms with Gasteiger partial charge in [-0.2, -0.15) is 0 Å². The molecule has 0 saturated carbocycles. The highest BCUT2D eigenvalue weighted by atomic mass is 79.9. The molecule has 18 heavy (non-hydrogen) atoms. The minimum Gasteiger partial charge on any atom is -0.369 e. The van der Waals surface area contributed by atoms with E-state index in [1.54, 1.807) is 0 Å². The van der Waals surface area contributed by atoms with Crippen molar-refractivity contribution >= 4 is 21.7 Å². The molecule has 4 heteroatoms. The van der Waals surface area contributed by atoms with Crippen LogP contribution in [0.1, 0.15) is 65.4 Å². The molecule has 0 bridgehead atoms. The normalized spacial score (nSPS) is 12.0. The van der Waals surface area contributed by atoms with Gasteiger partial charge in [0, 0.05) is 17.9 Å². The van der Waals surface area contributed by atoms with Crippen LogP contribution >= 0.6 is 15.9 Å². The van der Waals surface area contributed by atoms with Crippen molar-refractivity contribution in [2.45, 2.75) is 59.3 Å². The fourth-order valence-corrected chi connectivity index (χ4v) is 2.49. The van der Waals surface area contributed by atoms with Gasteiger partial charge in [0.15, 0.2) is 0 Å². The Hall–Kier alpha value is -0.640. The molecule has 0 unspecified atom stereocenters. The summed E-state index contributed by atoms with van der Waals surface area (Å²) in [5.74, 6) is 2.16. The van der Waals surface area contributed by atoms with E-state index in [0.29, 0.717) is 5.92 Å². The van der Waals surface area contributed by atoms with Crippen LogP contribution in [0.3, 0.4) is 0 Å². The summed E-state index contributed by atoms with van der Waals surface area (Å²) in [4.78, 5) is 9.33. The number of hydrogen-bond donors (Lipinski definition) is 1. The van der Waals surface area contributed by atoms with E-state index in [9.17, 15) is 0 Å². The van der Waals surface area contributed by atoms with Gasteiger partial charge >= 0.3 is 0 Å².